The van der Waals surface area contributed by atoms with Crippen LogP contribution in [0.5, 0.6) is 11.5 Å². The molecule has 0 radical (unpaired) electrons. The Kier molecular flexibility index (Phi) is 3.25. The summed E-state index contributed by atoms with van der Waals surface area (Å²) in [6, 6.07) is 16.1. The van der Waals surface area contributed by atoms with Gasteiger partial charge in [0, 0.05) is 11.6 Å². The molecule has 0 atom stereocenters. The second-order valence-electron chi connectivity index (χ2n) is 4.45. The first-order valence-electron chi connectivity index (χ1n) is 6.39. The number of ether oxygens (including phenoxy) is 2. The Morgan fingerprint density at radius 1 is 0.850 bits per heavy atom. The lowest BCUT2D eigenvalue weighted by Crippen LogP contribution is -1.91. The molecule has 1 heterocycles. The van der Waals surface area contributed by atoms with Gasteiger partial charge in [-0.1, -0.05) is 24.3 Å². The van der Waals surface area contributed by atoms with Crippen LogP contribution < -0.4 is 9.47 Å². The third-order valence-corrected chi connectivity index (χ3v) is 3.34. The first kappa shape index (κ1) is 12.5. The number of fused-ring (bicyclic) bond motifs is 1. The van der Waals surface area contributed by atoms with Crippen LogP contribution in [0.1, 0.15) is 0 Å². The summed E-state index contributed by atoms with van der Waals surface area (Å²) < 4.78 is 10.6. The van der Waals surface area contributed by atoms with Crippen molar-refractivity contribution < 1.29 is 9.47 Å². The number of aromatic nitrogens is 1. The highest BCUT2D eigenvalue weighted by Gasteiger charge is 2.08. The lowest BCUT2D eigenvalue weighted by atomic mass is 10.0. The summed E-state index contributed by atoms with van der Waals surface area (Å²) >= 11 is 0. The maximum absolute atomic E-state index is 5.37. The molecule has 1 aromatic heterocycles. The average molecular weight is 265 g/mol. The summed E-state index contributed by atoms with van der Waals surface area (Å²) in [7, 11) is 3.28. The number of pyridine rings is 1. The van der Waals surface area contributed by atoms with E-state index in [0.717, 1.165) is 33.5 Å². The van der Waals surface area contributed by atoms with Gasteiger partial charge in [-0.25, -0.2) is 0 Å². The topological polar surface area (TPSA) is 31.4 Å². The van der Waals surface area contributed by atoms with Gasteiger partial charge >= 0.3 is 0 Å². The summed E-state index contributed by atoms with van der Waals surface area (Å²) in [5.41, 5.74) is 3.21. The number of hydrogen-bond donors (Lipinski definition) is 0. The lowest BCUT2D eigenvalue weighted by Gasteiger charge is -2.11. The summed E-state index contributed by atoms with van der Waals surface area (Å²) in [5.74, 6) is 1.46. The van der Waals surface area contributed by atoms with Crippen LogP contribution in [-0.4, -0.2) is 19.2 Å². The Morgan fingerprint density at radius 3 is 2.45 bits per heavy atom. The van der Waals surface area contributed by atoms with Crippen LogP contribution in [0.2, 0.25) is 0 Å². The third kappa shape index (κ3) is 2.07. The fourth-order valence-corrected chi connectivity index (χ4v) is 2.35. The Hall–Kier alpha value is -2.55. The Bertz CT molecular complexity index is 748. The molecule has 3 rings (SSSR count). The largest absolute Gasteiger partial charge is 0.493 e. The quantitative estimate of drug-likeness (QED) is 0.719. The molecule has 3 aromatic rings. The molecule has 100 valence electrons. The molecular formula is C17H15NO2. The maximum atomic E-state index is 5.37. The van der Waals surface area contributed by atoms with Crippen molar-refractivity contribution in [2.45, 2.75) is 0 Å². The smallest absolute Gasteiger partial charge is 0.161 e. The first-order valence-corrected chi connectivity index (χ1v) is 6.39. The molecule has 2 aromatic carbocycles. The molecule has 0 aliphatic carbocycles. The molecule has 3 nitrogen and oxygen atoms in total. The van der Waals surface area contributed by atoms with E-state index in [4.69, 9.17) is 9.47 Å². The predicted molar refractivity (Wildman–Crippen MR) is 80.3 cm³/mol. The second-order valence-corrected chi connectivity index (χ2v) is 4.45. The molecular weight excluding hydrogens is 250 g/mol. The van der Waals surface area contributed by atoms with E-state index in [1.54, 1.807) is 14.2 Å². The predicted octanol–water partition coefficient (Wildman–Crippen LogP) is 3.92. The van der Waals surface area contributed by atoms with E-state index in [1.807, 2.05) is 48.7 Å². The Labute approximate surface area is 117 Å². The van der Waals surface area contributed by atoms with Crippen LogP contribution >= 0.6 is 0 Å². The molecule has 0 bridgehead atoms. The van der Waals surface area contributed by atoms with E-state index < -0.39 is 0 Å². The van der Waals surface area contributed by atoms with Gasteiger partial charge in [0.15, 0.2) is 11.5 Å². The second kappa shape index (κ2) is 5.21. The lowest BCUT2D eigenvalue weighted by molar-refractivity contribution is 0.355. The van der Waals surface area contributed by atoms with E-state index >= 15 is 0 Å². The van der Waals surface area contributed by atoms with Gasteiger partial charge < -0.3 is 9.47 Å². The molecule has 0 fully saturated rings. The fourth-order valence-electron chi connectivity index (χ4n) is 2.35. The molecule has 0 amide bonds. The summed E-state index contributed by atoms with van der Waals surface area (Å²) in [5, 5.41) is 1.13. The molecule has 0 saturated heterocycles. The number of nitrogens with zero attached hydrogens (tertiary/aromatic N) is 1. The Balaban J connectivity index is 2.21. The number of para-hydroxylation sites is 1. The van der Waals surface area contributed by atoms with Crippen LogP contribution in [0, 0.1) is 0 Å². The monoisotopic (exact) mass is 265 g/mol. The highest BCUT2D eigenvalue weighted by molar-refractivity contribution is 5.94. The number of rotatable bonds is 3. The first-order chi connectivity index (χ1) is 9.83. The van der Waals surface area contributed by atoms with E-state index in [9.17, 15) is 0 Å². The molecule has 3 heteroatoms. The molecule has 0 spiro atoms. The van der Waals surface area contributed by atoms with Crippen molar-refractivity contribution in [3.8, 4) is 22.6 Å². The minimum absolute atomic E-state index is 0.728. The molecule has 0 unspecified atom stereocenters. The molecule has 0 saturated carbocycles. The van der Waals surface area contributed by atoms with E-state index in [-0.39, 0.29) is 0 Å². The fraction of sp³-hybridized carbons (Fsp3) is 0.118. The van der Waals surface area contributed by atoms with E-state index in [1.165, 1.54) is 0 Å². The SMILES string of the molecule is COc1ccc(-c2ccnc3ccccc23)cc1OC. The van der Waals surface area contributed by atoms with Crippen LogP contribution in [0.3, 0.4) is 0 Å². The van der Waals surface area contributed by atoms with Gasteiger partial charge in [0.2, 0.25) is 0 Å². The molecule has 0 N–H and O–H groups in total. The van der Waals surface area contributed by atoms with Crippen molar-refractivity contribution in [1.82, 2.24) is 4.98 Å². The number of hydrogen-bond acceptors (Lipinski definition) is 3. The normalized spacial score (nSPS) is 10.5. The van der Waals surface area contributed by atoms with Gasteiger partial charge in [-0.3, -0.25) is 4.98 Å². The zero-order valence-electron chi connectivity index (χ0n) is 11.5. The van der Waals surface area contributed by atoms with Gasteiger partial charge in [-0.05, 0) is 35.4 Å². The highest BCUT2D eigenvalue weighted by Crippen LogP contribution is 2.34. The van der Waals surface area contributed by atoms with Crippen LogP contribution in [0.4, 0.5) is 0 Å². The van der Waals surface area contributed by atoms with Crippen molar-refractivity contribution in [2.75, 3.05) is 14.2 Å². The van der Waals surface area contributed by atoms with Gasteiger partial charge in [-0.15, -0.1) is 0 Å². The van der Waals surface area contributed by atoms with Crippen molar-refractivity contribution in [2.24, 2.45) is 0 Å². The maximum Gasteiger partial charge on any atom is 0.161 e. The van der Waals surface area contributed by atoms with E-state index in [0.29, 0.717) is 0 Å². The number of methoxy groups -OCH3 is 2. The van der Waals surface area contributed by atoms with Crippen molar-refractivity contribution in [3.63, 3.8) is 0 Å². The summed E-state index contributed by atoms with van der Waals surface area (Å²) in [6.07, 6.45) is 1.83. The average Bonchev–Trinajstić information content (AvgIpc) is 2.53. The molecule has 0 aliphatic heterocycles. The Morgan fingerprint density at radius 2 is 1.65 bits per heavy atom. The zero-order chi connectivity index (χ0) is 13.9. The molecule has 20 heavy (non-hydrogen) atoms. The zero-order valence-corrected chi connectivity index (χ0v) is 11.5. The van der Waals surface area contributed by atoms with Crippen molar-refractivity contribution >= 4 is 10.9 Å². The van der Waals surface area contributed by atoms with E-state index in [2.05, 4.69) is 11.1 Å². The minimum Gasteiger partial charge on any atom is -0.493 e. The summed E-state index contributed by atoms with van der Waals surface area (Å²) in [6.45, 7) is 0. The van der Waals surface area contributed by atoms with Gasteiger partial charge in [-0.2, -0.15) is 0 Å². The van der Waals surface area contributed by atoms with Gasteiger partial charge in [0.25, 0.3) is 0 Å². The third-order valence-electron chi connectivity index (χ3n) is 3.34. The van der Waals surface area contributed by atoms with Crippen molar-refractivity contribution in [3.05, 3.63) is 54.7 Å². The van der Waals surface area contributed by atoms with Crippen LogP contribution in [0.25, 0.3) is 22.0 Å². The van der Waals surface area contributed by atoms with Crippen LogP contribution in [-0.2, 0) is 0 Å². The molecule has 0 aliphatic rings. The standard InChI is InChI=1S/C17H15NO2/c1-19-16-8-7-12(11-17(16)20-2)13-9-10-18-15-6-4-3-5-14(13)15/h3-11H,1-2H3. The highest BCUT2D eigenvalue weighted by atomic mass is 16.5. The van der Waals surface area contributed by atoms with Crippen molar-refractivity contribution in [1.29, 1.82) is 0 Å². The van der Waals surface area contributed by atoms with Gasteiger partial charge in [0.05, 0.1) is 19.7 Å². The van der Waals surface area contributed by atoms with Crippen LogP contribution in [0.15, 0.2) is 54.7 Å². The minimum atomic E-state index is 0.728. The van der Waals surface area contributed by atoms with Gasteiger partial charge in [0.1, 0.15) is 0 Å². The number of benzene rings is 2. The summed E-state index contributed by atoms with van der Waals surface area (Å²) in [4.78, 5) is 4.39.